The summed E-state index contributed by atoms with van der Waals surface area (Å²) in [5.41, 5.74) is 0.937. The maximum Gasteiger partial charge on any atom is 0.197 e. The molecule has 0 saturated carbocycles. The molecule has 1 saturated heterocycles. The first-order chi connectivity index (χ1) is 6.79. The van der Waals surface area contributed by atoms with E-state index in [0.29, 0.717) is 5.92 Å². The van der Waals surface area contributed by atoms with Crippen LogP contribution in [0, 0.1) is 0 Å². The lowest BCUT2D eigenvalue weighted by Gasteiger charge is -2.26. The summed E-state index contributed by atoms with van der Waals surface area (Å²) in [5.74, 6) is 1.22. The van der Waals surface area contributed by atoms with Gasteiger partial charge in [0, 0.05) is 19.0 Å². The first kappa shape index (κ1) is 9.45. The van der Waals surface area contributed by atoms with E-state index in [1.807, 2.05) is 0 Å². The Kier molecular flexibility index (Phi) is 2.67. The van der Waals surface area contributed by atoms with Gasteiger partial charge in [0.05, 0.1) is 13.2 Å². The first-order valence-corrected chi connectivity index (χ1v) is 4.94. The minimum absolute atomic E-state index is 0.346. The van der Waals surface area contributed by atoms with E-state index >= 15 is 0 Å². The van der Waals surface area contributed by atoms with E-state index in [4.69, 9.17) is 9.37 Å². The average molecular weight is 197 g/mol. The highest BCUT2D eigenvalue weighted by atomic mass is 16.6. The molecule has 0 bridgehead atoms. The zero-order chi connectivity index (χ0) is 9.97. The molecule has 0 atom stereocenters. The molecule has 14 heavy (non-hydrogen) atoms. The first-order valence-electron chi connectivity index (χ1n) is 4.94. The number of ether oxygens (including phenoxy) is 1. The fourth-order valence-corrected chi connectivity index (χ4v) is 1.55. The lowest BCUT2D eigenvalue weighted by molar-refractivity contribution is 0.122. The Morgan fingerprint density at radius 1 is 1.21 bits per heavy atom. The van der Waals surface area contributed by atoms with Crippen molar-refractivity contribution in [1.29, 1.82) is 0 Å². The zero-order valence-corrected chi connectivity index (χ0v) is 8.56. The largest absolute Gasteiger partial charge is 0.378 e. The van der Waals surface area contributed by atoms with Crippen molar-refractivity contribution in [1.82, 2.24) is 10.3 Å². The van der Waals surface area contributed by atoms with Crippen LogP contribution in [0.15, 0.2) is 4.63 Å². The minimum atomic E-state index is 0.346. The Bertz CT molecular complexity index is 292. The van der Waals surface area contributed by atoms with Crippen LogP contribution in [0.5, 0.6) is 0 Å². The van der Waals surface area contributed by atoms with E-state index in [1.54, 1.807) is 0 Å². The molecule has 1 aromatic rings. The Labute approximate surface area is 83.0 Å². The highest BCUT2D eigenvalue weighted by molar-refractivity contribution is 5.43. The third-order valence-corrected chi connectivity index (χ3v) is 2.35. The number of aromatic nitrogens is 2. The highest BCUT2D eigenvalue weighted by Crippen LogP contribution is 2.23. The predicted molar refractivity (Wildman–Crippen MR) is 51.4 cm³/mol. The summed E-state index contributed by atoms with van der Waals surface area (Å²) in [6.07, 6.45) is 0. The second kappa shape index (κ2) is 3.96. The van der Waals surface area contributed by atoms with Gasteiger partial charge in [-0.1, -0.05) is 19.0 Å². The summed E-state index contributed by atoms with van der Waals surface area (Å²) in [4.78, 5) is 2.16. The Balaban J connectivity index is 2.17. The van der Waals surface area contributed by atoms with Gasteiger partial charge in [-0.3, -0.25) is 0 Å². The summed E-state index contributed by atoms with van der Waals surface area (Å²) < 4.78 is 10.1. The van der Waals surface area contributed by atoms with E-state index in [1.165, 1.54) is 0 Å². The quantitative estimate of drug-likeness (QED) is 0.708. The smallest absolute Gasteiger partial charge is 0.197 e. The molecule has 0 N–H and O–H groups in total. The van der Waals surface area contributed by atoms with Crippen LogP contribution in [0.4, 0.5) is 5.82 Å². The van der Waals surface area contributed by atoms with E-state index in [-0.39, 0.29) is 0 Å². The third-order valence-electron chi connectivity index (χ3n) is 2.35. The summed E-state index contributed by atoms with van der Waals surface area (Å²) in [7, 11) is 0. The van der Waals surface area contributed by atoms with Gasteiger partial charge in [-0.25, -0.2) is 4.63 Å². The van der Waals surface area contributed by atoms with Crippen molar-refractivity contribution in [3.8, 4) is 0 Å². The topological polar surface area (TPSA) is 51.4 Å². The molecule has 78 valence electrons. The van der Waals surface area contributed by atoms with Crippen molar-refractivity contribution in [3.05, 3.63) is 5.69 Å². The maximum atomic E-state index is 5.28. The number of morpholine rings is 1. The minimum Gasteiger partial charge on any atom is -0.378 e. The van der Waals surface area contributed by atoms with Crippen molar-refractivity contribution >= 4 is 5.82 Å². The van der Waals surface area contributed by atoms with Crippen LogP contribution in [0.3, 0.4) is 0 Å². The van der Waals surface area contributed by atoms with Crippen molar-refractivity contribution in [2.75, 3.05) is 31.2 Å². The molecule has 0 aromatic carbocycles. The van der Waals surface area contributed by atoms with Crippen molar-refractivity contribution in [2.45, 2.75) is 19.8 Å². The van der Waals surface area contributed by atoms with Crippen molar-refractivity contribution in [3.63, 3.8) is 0 Å². The zero-order valence-electron chi connectivity index (χ0n) is 8.56. The van der Waals surface area contributed by atoms with Crippen LogP contribution >= 0.6 is 0 Å². The lowest BCUT2D eigenvalue weighted by Crippen LogP contribution is -2.37. The van der Waals surface area contributed by atoms with E-state index in [9.17, 15) is 0 Å². The molecule has 0 radical (unpaired) electrons. The average Bonchev–Trinajstić information content (AvgIpc) is 2.67. The molecular formula is C9H15N3O2. The molecule has 5 nitrogen and oxygen atoms in total. The number of anilines is 1. The standard InChI is InChI=1S/C9H15N3O2/c1-7(2)8-9(11-14-10-8)12-3-5-13-6-4-12/h7H,3-6H2,1-2H3. The summed E-state index contributed by atoms with van der Waals surface area (Å²) in [6.45, 7) is 7.42. The van der Waals surface area contributed by atoms with Gasteiger partial charge in [-0.2, -0.15) is 0 Å². The van der Waals surface area contributed by atoms with Gasteiger partial charge in [-0.05, 0) is 5.16 Å². The Hall–Kier alpha value is -1.10. The molecule has 0 aliphatic carbocycles. The molecule has 2 heterocycles. The highest BCUT2D eigenvalue weighted by Gasteiger charge is 2.21. The van der Waals surface area contributed by atoms with Crippen molar-refractivity contribution in [2.24, 2.45) is 0 Å². The third kappa shape index (κ3) is 1.72. The Morgan fingerprint density at radius 2 is 1.93 bits per heavy atom. The van der Waals surface area contributed by atoms with Gasteiger partial charge in [-0.15, -0.1) is 0 Å². The molecule has 0 spiro atoms. The Morgan fingerprint density at radius 3 is 2.57 bits per heavy atom. The molecule has 0 amide bonds. The van der Waals surface area contributed by atoms with E-state index in [0.717, 1.165) is 37.8 Å². The monoisotopic (exact) mass is 197 g/mol. The molecule has 1 aliphatic rings. The van der Waals surface area contributed by atoms with E-state index in [2.05, 4.69) is 29.1 Å². The van der Waals surface area contributed by atoms with Gasteiger partial charge in [0.1, 0.15) is 5.69 Å². The second-order valence-electron chi connectivity index (χ2n) is 3.73. The number of hydrogen-bond acceptors (Lipinski definition) is 5. The molecule has 1 aromatic heterocycles. The van der Waals surface area contributed by atoms with E-state index < -0.39 is 0 Å². The van der Waals surface area contributed by atoms with Crippen LogP contribution in [0.2, 0.25) is 0 Å². The molecular weight excluding hydrogens is 182 g/mol. The number of hydrogen-bond donors (Lipinski definition) is 0. The van der Waals surface area contributed by atoms with Crippen molar-refractivity contribution < 1.29 is 9.37 Å². The van der Waals surface area contributed by atoms with Gasteiger partial charge in [0.15, 0.2) is 5.82 Å². The molecule has 5 heteroatoms. The fraction of sp³-hybridized carbons (Fsp3) is 0.778. The molecule has 2 rings (SSSR count). The van der Waals surface area contributed by atoms with Crippen LogP contribution in [-0.2, 0) is 4.74 Å². The fourth-order valence-electron chi connectivity index (χ4n) is 1.55. The SMILES string of the molecule is CC(C)c1nonc1N1CCOCC1. The van der Waals surface area contributed by atoms with Crippen LogP contribution < -0.4 is 4.90 Å². The normalized spacial score (nSPS) is 17.8. The molecule has 0 unspecified atom stereocenters. The maximum absolute atomic E-state index is 5.28. The number of nitrogens with zero attached hydrogens (tertiary/aromatic N) is 3. The van der Waals surface area contributed by atoms with Gasteiger partial charge >= 0.3 is 0 Å². The van der Waals surface area contributed by atoms with Gasteiger partial charge < -0.3 is 9.64 Å². The molecule has 1 fully saturated rings. The predicted octanol–water partition coefficient (Wildman–Crippen LogP) is 1.03. The molecule has 1 aliphatic heterocycles. The summed E-state index contributed by atoms with van der Waals surface area (Å²) >= 11 is 0. The van der Waals surface area contributed by atoms with Gasteiger partial charge in [0.2, 0.25) is 0 Å². The summed E-state index contributed by atoms with van der Waals surface area (Å²) in [6, 6.07) is 0. The van der Waals surface area contributed by atoms with Crippen LogP contribution in [-0.4, -0.2) is 36.6 Å². The van der Waals surface area contributed by atoms with Crippen LogP contribution in [0.1, 0.15) is 25.5 Å². The van der Waals surface area contributed by atoms with Gasteiger partial charge in [0.25, 0.3) is 0 Å². The summed E-state index contributed by atoms with van der Waals surface area (Å²) in [5, 5.41) is 7.87. The van der Waals surface area contributed by atoms with Crippen LogP contribution in [0.25, 0.3) is 0 Å². The number of rotatable bonds is 2. The second-order valence-corrected chi connectivity index (χ2v) is 3.73. The lowest BCUT2D eigenvalue weighted by atomic mass is 10.1.